The molecule has 0 fully saturated rings. The number of hydrogen-bond donors (Lipinski definition) is 0. The van der Waals surface area contributed by atoms with Gasteiger partial charge in [-0.05, 0) is 135 Å². The van der Waals surface area contributed by atoms with Gasteiger partial charge in [0.25, 0.3) is 5.56 Å². The Morgan fingerprint density at radius 1 is 0.246 bits per heavy atom. The number of nitrogens with zero attached hydrogens (tertiary/aromatic N) is 1. The van der Waals surface area contributed by atoms with Crippen molar-refractivity contribution in [1.82, 2.24) is 4.57 Å². The molecule has 0 saturated carbocycles. The Kier molecular flexibility index (Phi) is 6.81. The van der Waals surface area contributed by atoms with Crippen molar-refractivity contribution < 1.29 is 0 Å². The minimum absolute atomic E-state index is 0.0250. The summed E-state index contributed by atoms with van der Waals surface area (Å²) in [6.07, 6.45) is 0. The van der Waals surface area contributed by atoms with Gasteiger partial charge in [-0.2, -0.15) is 0 Å². The lowest BCUT2D eigenvalue weighted by atomic mass is 9.91. The highest BCUT2D eigenvalue weighted by molar-refractivity contribution is 6.27. The van der Waals surface area contributed by atoms with Gasteiger partial charge in [0, 0.05) is 16.5 Å². The molecule has 2 nitrogen and oxygen atoms in total. The number of benzene rings is 11. The summed E-state index contributed by atoms with van der Waals surface area (Å²) >= 11 is 0. The normalized spacial score (nSPS) is 11.9. The first-order valence-electron chi connectivity index (χ1n) is 19.5. The smallest absolute Gasteiger partial charge is 0.263 e. The highest BCUT2D eigenvalue weighted by Gasteiger charge is 2.16. The molecule has 12 rings (SSSR count). The van der Waals surface area contributed by atoms with Gasteiger partial charge in [-0.1, -0.05) is 158 Å². The molecule has 0 bridgehead atoms. The summed E-state index contributed by atoms with van der Waals surface area (Å²) in [5.41, 5.74) is 6.13. The van der Waals surface area contributed by atoms with Gasteiger partial charge in [0.2, 0.25) is 0 Å². The standard InChI is InChI=1S/C55H33NO/c57-55-50-23-10-9-22-47(50)53-33-37(36-25-28-49-44-19-4-2-15-40(44)42-17-6-8-21-46(42)52(49)32-36)26-29-54(53)56(55)38-13-11-12-34(30-38)35-24-27-48-43-18-3-1-14-39(43)41-16-5-7-20-45(41)51(48)31-35/h1-33H. The van der Waals surface area contributed by atoms with Crippen LogP contribution in [0.2, 0.25) is 0 Å². The van der Waals surface area contributed by atoms with Crippen LogP contribution < -0.4 is 5.56 Å². The summed E-state index contributed by atoms with van der Waals surface area (Å²) in [6.45, 7) is 0. The van der Waals surface area contributed by atoms with Crippen molar-refractivity contribution in [2.75, 3.05) is 0 Å². The Morgan fingerprint density at radius 2 is 0.579 bits per heavy atom. The van der Waals surface area contributed by atoms with E-state index in [-0.39, 0.29) is 5.56 Å². The predicted molar refractivity (Wildman–Crippen MR) is 243 cm³/mol. The molecule has 2 heteroatoms. The zero-order valence-electron chi connectivity index (χ0n) is 30.9. The Labute approximate surface area is 328 Å². The molecule has 0 N–H and O–H groups in total. The fraction of sp³-hybridized carbons (Fsp3) is 0. The molecule has 0 saturated heterocycles. The first kappa shape index (κ1) is 31.8. The number of fused-ring (bicyclic) bond motifs is 15. The Balaban J connectivity index is 1.04. The molecule has 1 heterocycles. The maximum Gasteiger partial charge on any atom is 0.263 e. The number of pyridine rings is 1. The average molecular weight is 724 g/mol. The minimum atomic E-state index is -0.0250. The van der Waals surface area contributed by atoms with Gasteiger partial charge in [0.1, 0.15) is 0 Å². The Morgan fingerprint density at radius 3 is 1.04 bits per heavy atom. The van der Waals surface area contributed by atoms with Gasteiger partial charge in [-0.15, -0.1) is 0 Å². The molecule has 0 radical (unpaired) electrons. The SMILES string of the molecule is O=c1c2ccccc2c2cc(-c3ccc4c5ccccc5c5ccccc5c4c3)ccc2n1-c1cccc(-c2ccc3c4ccccc4c4ccccc4c3c2)c1. The Hall–Kier alpha value is -7.55. The van der Waals surface area contributed by atoms with Crippen LogP contribution in [0.5, 0.6) is 0 Å². The summed E-state index contributed by atoms with van der Waals surface area (Å²) in [6, 6.07) is 71.4. The van der Waals surface area contributed by atoms with E-state index in [0.29, 0.717) is 5.39 Å². The number of hydrogen-bond acceptors (Lipinski definition) is 1. The monoisotopic (exact) mass is 723 g/mol. The molecule has 0 unspecified atom stereocenters. The lowest BCUT2D eigenvalue weighted by Crippen LogP contribution is -2.19. The molecular weight excluding hydrogens is 691 g/mol. The molecule has 11 aromatic carbocycles. The molecule has 12 aromatic rings. The summed E-state index contributed by atoms with van der Waals surface area (Å²) in [5, 5.41) is 17.7. The van der Waals surface area contributed by atoms with Crippen LogP contribution >= 0.6 is 0 Å². The van der Waals surface area contributed by atoms with Crippen LogP contribution in [0.4, 0.5) is 0 Å². The maximum absolute atomic E-state index is 14.5. The average Bonchev–Trinajstić information content (AvgIpc) is 3.29. The van der Waals surface area contributed by atoms with Crippen LogP contribution in [0, 0.1) is 0 Å². The largest absolute Gasteiger partial charge is 0.276 e. The van der Waals surface area contributed by atoms with E-state index in [0.717, 1.165) is 44.2 Å². The van der Waals surface area contributed by atoms with E-state index in [1.165, 1.54) is 64.6 Å². The summed E-state index contributed by atoms with van der Waals surface area (Å²) < 4.78 is 1.90. The topological polar surface area (TPSA) is 22.0 Å². The van der Waals surface area contributed by atoms with Gasteiger partial charge in [-0.3, -0.25) is 9.36 Å². The van der Waals surface area contributed by atoms with Gasteiger partial charge in [0.05, 0.1) is 5.52 Å². The first-order valence-corrected chi connectivity index (χ1v) is 19.5. The van der Waals surface area contributed by atoms with Crippen molar-refractivity contribution in [1.29, 1.82) is 0 Å². The van der Waals surface area contributed by atoms with Crippen molar-refractivity contribution in [3.63, 3.8) is 0 Å². The van der Waals surface area contributed by atoms with E-state index in [9.17, 15) is 4.79 Å². The van der Waals surface area contributed by atoms with Crippen molar-refractivity contribution in [2.45, 2.75) is 0 Å². The van der Waals surface area contributed by atoms with Crippen LogP contribution in [0.15, 0.2) is 205 Å². The second kappa shape index (κ2) is 12.2. The van der Waals surface area contributed by atoms with Crippen LogP contribution in [-0.2, 0) is 0 Å². The van der Waals surface area contributed by atoms with Crippen molar-refractivity contribution in [3.05, 3.63) is 211 Å². The van der Waals surface area contributed by atoms with E-state index < -0.39 is 0 Å². The molecule has 1 aromatic heterocycles. The summed E-state index contributed by atoms with van der Waals surface area (Å²) in [5.74, 6) is 0. The van der Waals surface area contributed by atoms with Gasteiger partial charge in [-0.25, -0.2) is 0 Å². The Bertz CT molecular complexity index is 3650. The maximum atomic E-state index is 14.5. The zero-order valence-corrected chi connectivity index (χ0v) is 30.9. The summed E-state index contributed by atoms with van der Waals surface area (Å²) in [4.78, 5) is 14.5. The van der Waals surface area contributed by atoms with Gasteiger partial charge >= 0.3 is 0 Å². The van der Waals surface area contributed by atoms with E-state index in [1.807, 2.05) is 22.8 Å². The predicted octanol–water partition coefficient (Wildman–Crippen LogP) is 14.4. The quantitative estimate of drug-likeness (QED) is 0.166. The van der Waals surface area contributed by atoms with E-state index in [2.05, 4.69) is 182 Å². The lowest BCUT2D eigenvalue weighted by molar-refractivity contribution is 1.06. The van der Waals surface area contributed by atoms with Crippen molar-refractivity contribution in [3.8, 4) is 27.9 Å². The van der Waals surface area contributed by atoms with Crippen molar-refractivity contribution >= 4 is 86.3 Å². The first-order chi connectivity index (χ1) is 28.2. The molecule has 0 aliphatic rings. The van der Waals surface area contributed by atoms with E-state index in [4.69, 9.17) is 0 Å². The van der Waals surface area contributed by atoms with Crippen LogP contribution in [0.1, 0.15) is 0 Å². The zero-order chi connectivity index (χ0) is 37.6. The number of rotatable bonds is 3. The molecule has 0 atom stereocenters. The minimum Gasteiger partial charge on any atom is -0.276 e. The third-order valence-electron chi connectivity index (χ3n) is 12.1. The van der Waals surface area contributed by atoms with Crippen molar-refractivity contribution in [2.24, 2.45) is 0 Å². The van der Waals surface area contributed by atoms with Gasteiger partial charge < -0.3 is 0 Å². The fourth-order valence-corrected chi connectivity index (χ4v) is 9.52. The molecule has 57 heavy (non-hydrogen) atoms. The third kappa shape index (κ3) is 4.74. The molecule has 0 aliphatic heterocycles. The molecule has 0 spiro atoms. The highest BCUT2D eigenvalue weighted by Crippen LogP contribution is 2.40. The second-order valence-corrected chi connectivity index (χ2v) is 15.2. The van der Waals surface area contributed by atoms with Crippen LogP contribution in [0.25, 0.3) is 114 Å². The second-order valence-electron chi connectivity index (χ2n) is 15.2. The lowest BCUT2D eigenvalue weighted by Gasteiger charge is -2.16. The summed E-state index contributed by atoms with van der Waals surface area (Å²) in [7, 11) is 0. The van der Waals surface area contributed by atoms with E-state index in [1.54, 1.807) is 0 Å². The number of aromatic nitrogens is 1. The van der Waals surface area contributed by atoms with E-state index >= 15 is 0 Å². The highest BCUT2D eigenvalue weighted by atomic mass is 16.1. The molecule has 0 aliphatic carbocycles. The van der Waals surface area contributed by atoms with Crippen LogP contribution in [-0.4, -0.2) is 4.57 Å². The molecular formula is C55H33NO. The molecule has 0 amide bonds. The van der Waals surface area contributed by atoms with Gasteiger partial charge in [0.15, 0.2) is 0 Å². The fourth-order valence-electron chi connectivity index (χ4n) is 9.52. The molecule has 264 valence electrons. The van der Waals surface area contributed by atoms with Crippen LogP contribution in [0.3, 0.4) is 0 Å². The third-order valence-corrected chi connectivity index (χ3v) is 12.1.